The highest BCUT2D eigenvalue weighted by Gasteiger charge is 2.45. The van der Waals surface area contributed by atoms with E-state index in [2.05, 4.69) is 20.9 Å². The average Bonchev–Trinajstić information content (AvgIpc) is 3.06. The summed E-state index contributed by atoms with van der Waals surface area (Å²) >= 11 is 1.29. The van der Waals surface area contributed by atoms with E-state index in [4.69, 9.17) is 10.00 Å². The molecule has 2 rings (SSSR count). The SMILES string of the molecule is CCN1C(=O)C(CNc2ccnc(NCCOC)c2)SC1C(C#N)C(=O)NCC#N. The number of carbonyl (C=O) groups is 2. The fraction of sp³-hybridized carbons (Fsp3) is 0.526. The van der Waals surface area contributed by atoms with Crippen LogP contribution >= 0.6 is 11.8 Å². The number of nitrogens with zero attached hydrogens (tertiary/aromatic N) is 4. The number of thioether (sulfide) groups is 1. The van der Waals surface area contributed by atoms with Crippen molar-refractivity contribution < 1.29 is 14.3 Å². The number of anilines is 2. The number of amides is 2. The van der Waals surface area contributed by atoms with Gasteiger partial charge in [0.15, 0.2) is 5.92 Å². The third-order valence-electron chi connectivity index (χ3n) is 4.42. The lowest BCUT2D eigenvalue weighted by Crippen LogP contribution is -2.44. The van der Waals surface area contributed by atoms with Crippen molar-refractivity contribution in [1.82, 2.24) is 15.2 Å². The summed E-state index contributed by atoms with van der Waals surface area (Å²) in [4.78, 5) is 30.8. The van der Waals surface area contributed by atoms with Gasteiger partial charge >= 0.3 is 0 Å². The molecule has 2 amide bonds. The van der Waals surface area contributed by atoms with Crippen LogP contribution in [0.3, 0.4) is 0 Å². The van der Waals surface area contributed by atoms with Crippen molar-refractivity contribution in [3.05, 3.63) is 18.3 Å². The largest absolute Gasteiger partial charge is 0.383 e. The molecule has 1 saturated heterocycles. The van der Waals surface area contributed by atoms with Gasteiger partial charge in [0.1, 0.15) is 23.0 Å². The number of nitrogens with one attached hydrogen (secondary N) is 3. The second-order valence-corrected chi connectivity index (χ2v) is 7.68. The Morgan fingerprint density at radius 3 is 2.90 bits per heavy atom. The van der Waals surface area contributed by atoms with E-state index in [0.29, 0.717) is 32.1 Å². The van der Waals surface area contributed by atoms with Crippen molar-refractivity contribution in [3.8, 4) is 12.1 Å². The van der Waals surface area contributed by atoms with E-state index in [1.807, 2.05) is 25.1 Å². The quantitative estimate of drug-likeness (QED) is 0.339. The lowest BCUT2D eigenvalue weighted by molar-refractivity contribution is -0.131. The van der Waals surface area contributed by atoms with Crippen molar-refractivity contribution in [1.29, 1.82) is 10.5 Å². The van der Waals surface area contributed by atoms with E-state index in [1.54, 1.807) is 24.3 Å². The van der Waals surface area contributed by atoms with Crippen molar-refractivity contribution in [2.45, 2.75) is 17.5 Å². The summed E-state index contributed by atoms with van der Waals surface area (Å²) < 4.78 is 5.00. The Kier molecular flexibility index (Phi) is 9.19. The molecule has 0 radical (unpaired) electrons. The number of pyridine rings is 1. The van der Waals surface area contributed by atoms with Crippen LogP contribution in [-0.2, 0) is 14.3 Å². The van der Waals surface area contributed by atoms with E-state index in [1.165, 1.54) is 11.8 Å². The third kappa shape index (κ3) is 5.99. The van der Waals surface area contributed by atoms with Gasteiger partial charge in [0, 0.05) is 44.7 Å². The standard InChI is InChI=1S/C19H25N7O3S/c1-3-26-18(28)15(30-19(26)14(11-21)17(27)24-7-5-20)12-25-13-4-6-22-16(10-13)23-8-9-29-2/h4,6,10,14-15,19H,3,7-9,12H2,1-2H3,(H,24,27)(H2,22,23,25). The predicted molar refractivity (Wildman–Crippen MR) is 113 cm³/mol. The molecule has 0 bridgehead atoms. The molecule has 1 fully saturated rings. The highest BCUT2D eigenvalue weighted by atomic mass is 32.2. The normalized spacial score (nSPS) is 18.9. The Bertz CT molecular complexity index is 823. The molecule has 2 heterocycles. The van der Waals surface area contributed by atoms with Crippen molar-refractivity contribution >= 4 is 35.1 Å². The van der Waals surface area contributed by atoms with Crippen LogP contribution in [0.15, 0.2) is 18.3 Å². The lowest BCUT2D eigenvalue weighted by atomic mass is 10.1. The number of aromatic nitrogens is 1. The van der Waals surface area contributed by atoms with E-state index in [9.17, 15) is 14.9 Å². The monoisotopic (exact) mass is 431 g/mol. The smallest absolute Gasteiger partial charge is 0.241 e. The van der Waals surface area contributed by atoms with Gasteiger partial charge in [0.2, 0.25) is 11.8 Å². The summed E-state index contributed by atoms with van der Waals surface area (Å²) in [5, 5.41) is 25.9. The molecule has 0 saturated carbocycles. The molecular formula is C19H25N7O3S. The maximum absolute atomic E-state index is 12.8. The molecule has 1 aliphatic rings. The van der Waals surface area contributed by atoms with Gasteiger partial charge in [-0.2, -0.15) is 10.5 Å². The number of rotatable bonds is 11. The minimum Gasteiger partial charge on any atom is -0.383 e. The molecule has 1 aromatic rings. The average molecular weight is 432 g/mol. The zero-order valence-electron chi connectivity index (χ0n) is 16.9. The molecule has 11 heteroatoms. The molecule has 3 atom stereocenters. The molecule has 3 unspecified atom stereocenters. The highest BCUT2D eigenvalue weighted by molar-refractivity contribution is 8.01. The second kappa shape index (κ2) is 11.9. The first-order valence-corrected chi connectivity index (χ1v) is 10.4. The first kappa shape index (κ1) is 23.3. The number of hydrogen-bond donors (Lipinski definition) is 3. The summed E-state index contributed by atoms with van der Waals surface area (Å²) in [7, 11) is 1.63. The molecule has 1 aromatic heterocycles. The molecule has 3 N–H and O–H groups in total. The van der Waals surface area contributed by atoms with E-state index >= 15 is 0 Å². The van der Waals surface area contributed by atoms with Crippen LogP contribution in [0.25, 0.3) is 0 Å². The molecule has 30 heavy (non-hydrogen) atoms. The molecule has 0 spiro atoms. The van der Waals surface area contributed by atoms with Crippen molar-refractivity contribution in [2.75, 3.05) is 50.5 Å². The maximum atomic E-state index is 12.8. The molecule has 0 aliphatic carbocycles. The molecular weight excluding hydrogens is 406 g/mol. The van der Waals surface area contributed by atoms with Crippen LogP contribution < -0.4 is 16.0 Å². The van der Waals surface area contributed by atoms with Crippen LogP contribution in [0.1, 0.15) is 6.92 Å². The van der Waals surface area contributed by atoms with Gasteiger partial charge in [0.25, 0.3) is 0 Å². The van der Waals surface area contributed by atoms with Crippen molar-refractivity contribution in [3.63, 3.8) is 0 Å². The molecule has 10 nitrogen and oxygen atoms in total. The summed E-state index contributed by atoms with van der Waals surface area (Å²) in [5.41, 5.74) is 0.799. The van der Waals surface area contributed by atoms with Crippen LogP contribution in [0, 0.1) is 28.6 Å². The zero-order chi connectivity index (χ0) is 21.9. The molecule has 0 aromatic carbocycles. The van der Waals surface area contributed by atoms with E-state index < -0.39 is 22.4 Å². The van der Waals surface area contributed by atoms with Gasteiger partial charge in [-0.25, -0.2) is 4.98 Å². The van der Waals surface area contributed by atoms with Crippen LogP contribution in [0.5, 0.6) is 0 Å². The Balaban J connectivity index is 2.01. The molecule has 160 valence electrons. The van der Waals surface area contributed by atoms with E-state index in [-0.39, 0.29) is 12.5 Å². The Morgan fingerprint density at radius 1 is 1.43 bits per heavy atom. The number of methoxy groups -OCH3 is 1. The number of ether oxygens (including phenoxy) is 1. The van der Waals surface area contributed by atoms with Crippen LogP contribution in [0.4, 0.5) is 11.5 Å². The van der Waals surface area contributed by atoms with E-state index in [0.717, 1.165) is 5.69 Å². The Hall–Kier alpha value is -3.02. The maximum Gasteiger partial charge on any atom is 0.241 e. The third-order valence-corrected chi connectivity index (χ3v) is 5.92. The fourth-order valence-electron chi connectivity index (χ4n) is 2.96. The predicted octanol–water partition coefficient (Wildman–Crippen LogP) is 0.621. The van der Waals surface area contributed by atoms with Crippen molar-refractivity contribution in [2.24, 2.45) is 5.92 Å². The number of hydrogen-bond acceptors (Lipinski definition) is 9. The van der Waals surface area contributed by atoms with Gasteiger partial charge < -0.3 is 25.6 Å². The van der Waals surface area contributed by atoms with Crippen LogP contribution in [0.2, 0.25) is 0 Å². The lowest BCUT2D eigenvalue weighted by Gasteiger charge is -2.24. The Labute approximate surface area is 180 Å². The first-order chi connectivity index (χ1) is 14.5. The topological polar surface area (TPSA) is 143 Å². The fourth-order valence-corrected chi connectivity index (χ4v) is 4.47. The zero-order valence-corrected chi connectivity index (χ0v) is 17.7. The summed E-state index contributed by atoms with van der Waals surface area (Å²) in [5.74, 6) is -1.03. The second-order valence-electron chi connectivity index (χ2n) is 6.35. The first-order valence-electron chi connectivity index (χ1n) is 9.48. The number of nitriles is 2. The Morgan fingerprint density at radius 2 is 2.23 bits per heavy atom. The summed E-state index contributed by atoms with van der Waals surface area (Å²) in [6, 6.07) is 7.43. The van der Waals surface area contributed by atoms with Crippen LogP contribution in [-0.4, -0.2) is 72.2 Å². The van der Waals surface area contributed by atoms with Gasteiger partial charge in [-0.15, -0.1) is 11.8 Å². The summed E-state index contributed by atoms with van der Waals surface area (Å²) in [6.07, 6.45) is 1.66. The highest BCUT2D eigenvalue weighted by Crippen LogP contribution is 2.36. The number of carbonyl (C=O) groups excluding carboxylic acids is 2. The summed E-state index contributed by atoms with van der Waals surface area (Å²) in [6.45, 7) is 3.55. The minimum absolute atomic E-state index is 0.124. The minimum atomic E-state index is -1.05. The molecule has 1 aliphatic heterocycles. The van der Waals surface area contributed by atoms with Gasteiger partial charge in [-0.05, 0) is 13.0 Å². The van der Waals surface area contributed by atoms with Gasteiger partial charge in [0.05, 0.1) is 18.7 Å². The van der Waals surface area contributed by atoms with Gasteiger partial charge in [-0.1, -0.05) is 0 Å². The van der Waals surface area contributed by atoms with Gasteiger partial charge in [-0.3, -0.25) is 9.59 Å².